The minimum Gasteiger partial charge on any atom is -0.490 e. The first kappa shape index (κ1) is 12.4. The van der Waals surface area contributed by atoms with Crippen molar-refractivity contribution in [2.75, 3.05) is 25.1 Å². The molecular weight excluding hydrogens is 224 g/mol. The molecule has 18 heavy (non-hydrogen) atoms. The van der Waals surface area contributed by atoms with E-state index in [0.29, 0.717) is 6.61 Å². The Morgan fingerprint density at radius 3 is 2.56 bits per heavy atom. The number of likely N-dealkylation sites (N-methyl/N-ethyl adjacent to an activating group) is 1. The topological polar surface area (TPSA) is 25.4 Å². The molecule has 3 nitrogen and oxygen atoms in total. The van der Waals surface area contributed by atoms with E-state index in [-0.39, 0.29) is 0 Å². The molecule has 3 heteroatoms. The lowest BCUT2D eigenvalue weighted by Gasteiger charge is -2.19. The van der Waals surface area contributed by atoms with Crippen LogP contribution in [0.5, 0.6) is 5.75 Å². The van der Waals surface area contributed by atoms with E-state index in [1.54, 1.807) is 6.20 Å². The van der Waals surface area contributed by atoms with E-state index in [9.17, 15) is 0 Å². The molecule has 0 N–H and O–H groups in total. The highest BCUT2D eigenvalue weighted by Crippen LogP contribution is 2.11. The minimum absolute atomic E-state index is 0.649. The molecule has 0 amide bonds. The van der Waals surface area contributed by atoms with Crippen LogP contribution in [0.4, 0.5) is 5.69 Å². The highest BCUT2D eigenvalue weighted by atomic mass is 16.5. The van der Waals surface area contributed by atoms with E-state index in [1.807, 2.05) is 37.3 Å². The van der Waals surface area contributed by atoms with Crippen LogP contribution in [0.2, 0.25) is 0 Å². The monoisotopic (exact) mass is 242 g/mol. The highest BCUT2D eigenvalue weighted by Gasteiger charge is 2.00. The summed E-state index contributed by atoms with van der Waals surface area (Å²) in [5.41, 5.74) is 2.20. The van der Waals surface area contributed by atoms with E-state index in [2.05, 4.69) is 29.1 Å². The number of aromatic nitrogens is 1. The van der Waals surface area contributed by atoms with Gasteiger partial charge in [-0.25, -0.2) is 0 Å². The maximum Gasteiger partial charge on any atom is 0.137 e. The van der Waals surface area contributed by atoms with Gasteiger partial charge in [0, 0.05) is 18.4 Å². The van der Waals surface area contributed by atoms with Crippen molar-refractivity contribution >= 4 is 5.69 Å². The number of hydrogen-bond donors (Lipinski definition) is 0. The van der Waals surface area contributed by atoms with E-state index in [1.165, 1.54) is 5.69 Å². The number of pyridine rings is 1. The maximum absolute atomic E-state index is 5.65. The fourth-order valence-corrected chi connectivity index (χ4v) is 1.65. The summed E-state index contributed by atoms with van der Waals surface area (Å²) in [6, 6.07) is 14.2. The van der Waals surface area contributed by atoms with Gasteiger partial charge in [0.2, 0.25) is 0 Å². The van der Waals surface area contributed by atoms with E-state index >= 15 is 0 Å². The summed E-state index contributed by atoms with van der Waals surface area (Å²) < 4.78 is 5.65. The first-order chi connectivity index (χ1) is 8.75. The molecule has 0 saturated carbocycles. The molecule has 0 aliphatic rings. The molecule has 0 bridgehead atoms. The molecule has 0 spiro atoms. The lowest BCUT2D eigenvalue weighted by atomic mass is 10.3. The number of para-hydroxylation sites is 1. The number of hydrogen-bond acceptors (Lipinski definition) is 3. The van der Waals surface area contributed by atoms with E-state index in [4.69, 9.17) is 4.74 Å². The SMILES string of the molecule is Cc1ccc(OCCN(C)c2ccccc2)cn1. The normalized spacial score (nSPS) is 10.1. The summed E-state index contributed by atoms with van der Waals surface area (Å²) in [6.45, 7) is 3.46. The summed E-state index contributed by atoms with van der Waals surface area (Å²) in [6.07, 6.45) is 1.76. The number of benzene rings is 1. The Morgan fingerprint density at radius 1 is 1.11 bits per heavy atom. The van der Waals surface area contributed by atoms with Gasteiger partial charge < -0.3 is 9.64 Å². The molecule has 1 heterocycles. The fraction of sp³-hybridized carbons (Fsp3) is 0.267. The number of nitrogens with zero attached hydrogens (tertiary/aromatic N) is 2. The summed E-state index contributed by atoms with van der Waals surface area (Å²) in [4.78, 5) is 6.36. The first-order valence-electron chi connectivity index (χ1n) is 6.07. The van der Waals surface area contributed by atoms with Gasteiger partial charge in [-0.05, 0) is 31.2 Å². The van der Waals surface area contributed by atoms with Crippen molar-refractivity contribution in [3.05, 3.63) is 54.4 Å². The van der Waals surface area contributed by atoms with Gasteiger partial charge in [0.05, 0.1) is 12.7 Å². The average Bonchev–Trinajstić information content (AvgIpc) is 2.42. The molecule has 2 rings (SSSR count). The standard InChI is InChI=1S/C15H18N2O/c1-13-8-9-15(12-16-13)18-11-10-17(2)14-6-4-3-5-7-14/h3-9,12H,10-11H2,1-2H3. The van der Waals surface area contributed by atoms with Gasteiger partial charge in [-0.2, -0.15) is 0 Å². The third-order valence-corrected chi connectivity index (χ3v) is 2.78. The van der Waals surface area contributed by atoms with Gasteiger partial charge in [-0.3, -0.25) is 4.98 Å². The van der Waals surface area contributed by atoms with Gasteiger partial charge in [0.1, 0.15) is 12.4 Å². The molecule has 2 aromatic rings. The predicted molar refractivity (Wildman–Crippen MR) is 74.2 cm³/mol. The Bertz CT molecular complexity index is 468. The second-order valence-corrected chi connectivity index (χ2v) is 4.24. The van der Waals surface area contributed by atoms with Crippen LogP contribution in [0.3, 0.4) is 0 Å². The first-order valence-corrected chi connectivity index (χ1v) is 6.07. The van der Waals surface area contributed by atoms with Crippen molar-refractivity contribution in [1.82, 2.24) is 4.98 Å². The average molecular weight is 242 g/mol. The van der Waals surface area contributed by atoms with Crippen LogP contribution in [0.25, 0.3) is 0 Å². The van der Waals surface area contributed by atoms with E-state index in [0.717, 1.165) is 18.0 Å². The molecule has 0 radical (unpaired) electrons. The van der Waals surface area contributed by atoms with Crippen molar-refractivity contribution in [1.29, 1.82) is 0 Å². The summed E-state index contributed by atoms with van der Waals surface area (Å²) in [5, 5.41) is 0. The Kier molecular flexibility index (Phi) is 4.18. The number of rotatable bonds is 5. The van der Waals surface area contributed by atoms with Crippen LogP contribution < -0.4 is 9.64 Å². The van der Waals surface area contributed by atoms with Crippen molar-refractivity contribution in [2.45, 2.75) is 6.92 Å². The number of ether oxygens (including phenoxy) is 1. The Labute approximate surface area is 108 Å². The quantitative estimate of drug-likeness (QED) is 0.806. The van der Waals surface area contributed by atoms with Gasteiger partial charge in [0.15, 0.2) is 0 Å². The summed E-state index contributed by atoms with van der Waals surface area (Å²) >= 11 is 0. The molecular formula is C15H18N2O. The number of aryl methyl sites for hydroxylation is 1. The molecule has 94 valence electrons. The lowest BCUT2D eigenvalue weighted by molar-refractivity contribution is 0.324. The lowest BCUT2D eigenvalue weighted by Crippen LogP contribution is -2.23. The second-order valence-electron chi connectivity index (χ2n) is 4.24. The van der Waals surface area contributed by atoms with Crippen LogP contribution in [-0.2, 0) is 0 Å². The van der Waals surface area contributed by atoms with Crippen molar-refractivity contribution in [3.8, 4) is 5.75 Å². The van der Waals surface area contributed by atoms with Gasteiger partial charge in [-0.1, -0.05) is 18.2 Å². The van der Waals surface area contributed by atoms with Crippen LogP contribution in [0.1, 0.15) is 5.69 Å². The van der Waals surface area contributed by atoms with Crippen LogP contribution >= 0.6 is 0 Å². The third-order valence-electron chi connectivity index (χ3n) is 2.78. The molecule has 0 atom stereocenters. The van der Waals surface area contributed by atoms with Gasteiger partial charge in [-0.15, -0.1) is 0 Å². The maximum atomic E-state index is 5.65. The smallest absolute Gasteiger partial charge is 0.137 e. The molecule has 0 aliphatic heterocycles. The fourth-order valence-electron chi connectivity index (χ4n) is 1.65. The van der Waals surface area contributed by atoms with Crippen LogP contribution in [-0.4, -0.2) is 25.2 Å². The minimum atomic E-state index is 0.649. The second kappa shape index (κ2) is 6.05. The van der Waals surface area contributed by atoms with Gasteiger partial charge in [0.25, 0.3) is 0 Å². The van der Waals surface area contributed by atoms with Crippen molar-refractivity contribution in [2.24, 2.45) is 0 Å². The molecule has 0 unspecified atom stereocenters. The summed E-state index contributed by atoms with van der Waals surface area (Å²) in [7, 11) is 2.06. The van der Waals surface area contributed by atoms with Crippen LogP contribution in [0.15, 0.2) is 48.7 Å². The largest absolute Gasteiger partial charge is 0.490 e. The van der Waals surface area contributed by atoms with E-state index < -0.39 is 0 Å². The third kappa shape index (κ3) is 3.48. The molecule has 0 aliphatic carbocycles. The molecule has 0 fully saturated rings. The zero-order valence-corrected chi connectivity index (χ0v) is 10.8. The van der Waals surface area contributed by atoms with Gasteiger partial charge >= 0.3 is 0 Å². The molecule has 1 aromatic carbocycles. The zero-order valence-electron chi connectivity index (χ0n) is 10.8. The number of anilines is 1. The van der Waals surface area contributed by atoms with Crippen molar-refractivity contribution < 1.29 is 4.74 Å². The molecule has 0 saturated heterocycles. The highest BCUT2D eigenvalue weighted by molar-refractivity contribution is 5.44. The van der Waals surface area contributed by atoms with Crippen LogP contribution in [0, 0.1) is 6.92 Å². The Hall–Kier alpha value is -2.03. The van der Waals surface area contributed by atoms with Crippen molar-refractivity contribution in [3.63, 3.8) is 0 Å². The molecule has 1 aromatic heterocycles. The zero-order chi connectivity index (χ0) is 12.8. The Morgan fingerprint density at radius 2 is 1.89 bits per heavy atom. The Balaban J connectivity index is 1.80. The predicted octanol–water partition coefficient (Wildman–Crippen LogP) is 2.91. The summed E-state index contributed by atoms with van der Waals surface area (Å²) in [5.74, 6) is 0.821.